The summed E-state index contributed by atoms with van der Waals surface area (Å²) < 4.78 is 15.3. The van der Waals surface area contributed by atoms with E-state index in [1.54, 1.807) is 13.2 Å². The Kier molecular flexibility index (Phi) is 6.84. The van der Waals surface area contributed by atoms with Gasteiger partial charge in [-0.15, -0.1) is 0 Å². The maximum atomic E-state index is 11.8. The quantitative estimate of drug-likeness (QED) is 0.564. The second-order valence-electron chi connectivity index (χ2n) is 4.96. The Morgan fingerprint density at radius 2 is 2.16 bits per heavy atom. The fourth-order valence-corrected chi connectivity index (χ4v) is 2.37. The van der Waals surface area contributed by atoms with Crippen molar-refractivity contribution in [2.45, 2.75) is 13.5 Å². The molecule has 2 aromatic rings. The van der Waals surface area contributed by atoms with E-state index in [-0.39, 0.29) is 11.5 Å². The molecule has 0 aliphatic rings. The number of aromatic nitrogens is 2. The molecule has 1 heterocycles. The summed E-state index contributed by atoms with van der Waals surface area (Å²) in [5.41, 5.74) is 6.29. The van der Waals surface area contributed by atoms with E-state index >= 15 is 0 Å². The molecule has 0 spiro atoms. The van der Waals surface area contributed by atoms with E-state index in [4.69, 9.17) is 26.8 Å². The number of rotatable bonds is 9. The number of nitrogen functional groups attached to an aromatic ring is 1. The first-order chi connectivity index (χ1) is 12.1. The number of amides is 1. The number of nitrogens with two attached hydrogens (primary N) is 1. The SMILES string of the molecule is CCOc1c(CNCCNC(=O)c2nonc2N)cc(Cl)cc1OC. The Morgan fingerprint density at radius 3 is 2.80 bits per heavy atom. The molecule has 2 rings (SSSR count). The number of methoxy groups -OCH3 is 1. The van der Waals surface area contributed by atoms with Crippen molar-refractivity contribution >= 4 is 23.3 Å². The highest BCUT2D eigenvalue weighted by Crippen LogP contribution is 2.34. The van der Waals surface area contributed by atoms with Gasteiger partial charge in [-0.25, -0.2) is 4.63 Å². The van der Waals surface area contributed by atoms with Gasteiger partial charge >= 0.3 is 0 Å². The zero-order chi connectivity index (χ0) is 18.2. The van der Waals surface area contributed by atoms with Gasteiger partial charge in [0.15, 0.2) is 11.5 Å². The van der Waals surface area contributed by atoms with Crippen molar-refractivity contribution in [2.75, 3.05) is 32.5 Å². The summed E-state index contributed by atoms with van der Waals surface area (Å²) in [7, 11) is 1.56. The van der Waals surface area contributed by atoms with Gasteiger partial charge in [-0.3, -0.25) is 4.79 Å². The van der Waals surface area contributed by atoms with Crippen molar-refractivity contribution in [3.63, 3.8) is 0 Å². The van der Waals surface area contributed by atoms with E-state index < -0.39 is 5.91 Å². The Morgan fingerprint density at radius 1 is 1.36 bits per heavy atom. The third-order valence-electron chi connectivity index (χ3n) is 3.24. The van der Waals surface area contributed by atoms with Crippen LogP contribution in [0.4, 0.5) is 5.82 Å². The Balaban J connectivity index is 1.86. The van der Waals surface area contributed by atoms with Gasteiger partial charge in [0.05, 0.1) is 13.7 Å². The van der Waals surface area contributed by atoms with Crippen molar-refractivity contribution in [3.05, 3.63) is 28.4 Å². The predicted octanol–water partition coefficient (Wildman–Crippen LogP) is 1.23. The molecule has 25 heavy (non-hydrogen) atoms. The van der Waals surface area contributed by atoms with Gasteiger partial charge in [0.25, 0.3) is 5.91 Å². The van der Waals surface area contributed by atoms with Gasteiger partial charge in [-0.05, 0) is 23.3 Å². The third-order valence-corrected chi connectivity index (χ3v) is 3.46. The second kappa shape index (κ2) is 9.09. The number of hydrogen-bond donors (Lipinski definition) is 3. The average molecular weight is 370 g/mol. The van der Waals surface area contributed by atoms with Crippen molar-refractivity contribution in [1.29, 1.82) is 0 Å². The van der Waals surface area contributed by atoms with Crippen LogP contribution in [0.3, 0.4) is 0 Å². The lowest BCUT2D eigenvalue weighted by molar-refractivity contribution is 0.0944. The smallest absolute Gasteiger partial charge is 0.277 e. The van der Waals surface area contributed by atoms with Crippen molar-refractivity contribution in [1.82, 2.24) is 20.9 Å². The maximum Gasteiger partial charge on any atom is 0.277 e. The Bertz CT molecular complexity index is 722. The molecule has 0 unspecified atom stereocenters. The third kappa shape index (κ3) is 4.97. The molecule has 0 saturated carbocycles. The maximum absolute atomic E-state index is 11.8. The molecule has 0 aliphatic carbocycles. The molecule has 136 valence electrons. The molecular formula is C15H20ClN5O4. The summed E-state index contributed by atoms with van der Waals surface area (Å²) >= 11 is 6.10. The molecule has 0 atom stereocenters. The first kappa shape index (κ1) is 18.8. The number of ether oxygens (including phenoxy) is 2. The number of nitrogens with one attached hydrogen (secondary N) is 2. The fourth-order valence-electron chi connectivity index (χ4n) is 2.14. The van der Waals surface area contributed by atoms with Gasteiger partial charge in [0.2, 0.25) is 11.5 Å². The molecule has 4 N–H and O–H groups in total. The highest BCUT2D eigenvalue weighted by atomic mass is 35.5. The van der Waals surface area contributed by atoms with E-state index in [1.165, 1.54) is 0 Å². The fraction of sp³-hybridized carbons (Fsp3) is 0.400. The number of anilines is 1. The molecule has 0 fully saturated rings. The summed E-state index contributed by atoms with van der Waals surface area (Å²) in [5, 5.41) is 13.2. The molecule has 1 amide bonds. The topological polar surface area (TPSA) is 125 Å². The molecule has 0 bridgehead atoms. The molecule has 10 heteroatoms. The summed E-state index contributed by atoms with van der Waals surface area (Å²) in [6.07, 6.45) is 0. The van der Waals surface area contributed by atoms with Crippen LogP contribution in [0.1, 0.15) is 23.0 Å². The van der Waals surface area contributed by atoms with E-state index in [1.807, 2.05) is 13.0 Å². The predicted molar refractivity (Wildman–Crippen MR) is 91.9 cm³/mol. The minimum Gasteiger partial charge on any atom is -0.493 e. The van der Waals surface area contributed by atoms with Crippen LogP contribution < -0.4 is 25.8 Å². The van der Waals surface area contributed by atoms with Crippen LogP contribution >= 0.6 is 11.6 Å². The summed E-state index contributed by atoms with van der Waals surface area (Å²) in [6, 6.07) is 3.51. The van der Waals surface area contributed by atoms with Crippen molar-refractivity contribution < 1.29 is 18.9 Å². The van der Waals surface area contributed by atoms with Gasteiger partial charge in [-0.2, -0.15) is 0 Å². The molecule has 0 saturated heterocycles. The number of benzene rings is 1. The highest BCUT2D eigenvalue weighted by molar-refractivity contribution is 6.30. The van der Waals surface area contributed by atoms with Gasteiger partial charge in [0, 0.05) is 36.3 Å². The molecule has 9 nitrogen and oxygen atoms in total. The molecule has 1 aromatic carbocycles. The highest BCUT2D eigenvalue weighted by Gasteiger charge is 2.15. The lowest BCUT2D eigenvalue weighted by Crippen LogP contribution is -2.32. The van der Waals surface area contributed by atoms with Crippen LogP contribution in [0.15, 0.2) is 16.8 Å². The van der Waals surface area contributed by atoms with Crippen LogP contribution in [0.2, 0.25) is 5.02 Å². The molecule has 0 aliphatic heterocycles. The zero-order valence-electron chi connectivity index (χ0n) is 14.0. The first-order valence-electron chi connectivity index (χ1n) is 7.63. The largest absolute Gasteiger partial charge is 0.493 e. The normalized spacial score (nSPS) is 10.5. The van der Waals surface area contributed by atoms with Gasteiger partial charge < -0.3 is 25.8 Å². The number of carbonyl (C=O) groups is 1. The Hall–Kier alpha value is -2.52. The minimum atomic E-state index is -0.444. The van der Waals surface area contributed by atoms with Crippen LogP contribution in [-0.4, -0.2) is 43.0 Å². The molecular weight excluding hydrogens is 350 g/mol. The number of hydrogen-bond acceptors (Lipinski definition) is 8. The summed E-state index contributed by atoms with van der Waals surface area (Å²) in [4.78, 5) is 11.8. The minimum absolute atomic E-state index is 0.0294. The van der Waals surface area contributed by atoms with Crippen molar-refractivity contribution in [2.24, 2.45) is 0 Å². The monoisotopic (exact) mass is 369 g/mol. The van der Waals surface area contributed by atoms with Crippen LogP contribution in [0.25, 0.3) is 0 Å². The standard InChI is InChI=1S/C15H20ClN5O4/c1-3-24-13-9(6-10(16)7-11(13)23-2)8-18-4-5-19-15(22)12-14(17)21-25-20-12/h6-7,18H,3-5,8H2,1-2H3,(H2,17,21)(H,19,22). The molecule has 1 aromatic heterocycles. The van der Waals surface area contributed by atoms with Gasteiger partial charge in [0.1, 0.15) is 0 Å². The molecule has 0 radical (unpaired) electrons. The van der Waals surface area contributed by atoms with Gasteiger partial charge in [-0.1, -0.05) is 11.6 Å². The summed E-state index contributed by atoms with van der Waals surface area (Å²) in [5.74, 6) is 0.735. The number of nitrogens with zero attached hydrogens (tertiary/aromatic N) is 2. The Labute approximate surface area is 149 Å². The average Bonchev–Trinajstić information content (AvgIpc) is 3.02. The van der Waals surface area contributed by atoms with Crippen molar-refractivity contribution in [3.8, 4) is 11.5 Å². The first-order valence-corrected chi connectivity index (χ1v) is 8.00. The number of halogens is 1. The van der Waals surface area contributed by atoms with Crippen LogP contribution in [-0.2, 0) is 6.54 Å². The lowest BCUT2D eigenvalue weighted by atomic mass is 10.2. The lowest BCUT2D eigenvalue weighted by Gasteiger charge is -2.15. The van der Waals surface area contributed by atoms with E-state index in [9.17, 15) is 4.79 Å². The zero-order valence-corrected chi connectivity index (χ0v) is 14.7. The van der Waals surface area contributed by atoms with Crippen LogP contribution in [0.5, 0.6) is 11.5 Å². The van der Waals surface area contributed by atoms with E-state index in [2.05, 4.69) is 25.6 Å². The number of carbonyl (C=O) groups excluding carboxylic acids is 1. The van der Waals surface area contributed by atoms with E-state index in [0.29, 0.717) is 42.8 Å². The van der Waals surface area contributed by atoms with Crippen LogP contribution in [0, 0.1) is 0 Å². The second-order valence-corrected chi connectivity index (χ2v) is 5.40. The van der Waals surface area contributed by atoms with E-state index in [0.717, 1.165) is 5.56 Å². The summed E-state index contributed by atoms with van der Waals surface area (Å²) in [6.45, 7) is 3.78.